The number of amidine groups is 1. The van der Waals surface area contributed by atoms with Gasteiger partial charge in [-0.05, 0) is 18.2 Å². The van der Waals surface area contributed by atoms with Crippen molar-refractivity contribution in [1.82, 2.24) is 9.55 Å². The van der Waals surface area contributed by atoms with Crippen molar-refractivity contribution in [1.29, 1.82) is 0 Å². The number of nitrogens with two attached hydrogens (primary N) is 1. The molecule has 0 saturated carbocycles. The number of aryl methyl sites for hydroxylation is 1. The molecule has 2 aromatic carbocycles. The number of rotatable bonds is 4. The van der Waals surface area contributed by atoms with E-state index in [2.05, 4.69) is 30.9 Å². The van der Waals surface area contributed by atoms with Crippen LogP contribution in [-0.2, 0) is 18.1 Å². The summed E-state index contributed by atoms with van der Waals surface area (Å²) < 4.78 is 53.9. The number of carbonyl (C=O) groups excluding carboxylic acids is 1. The van der Waals surface area contributed by atoms with Crippen molar-refractivity contribution in [3.05, 3.63) is 75.8 Å². The summed E-state index contributed by atoms with van der Waals surface area (Å²) >= 11 is 3.12. The number of imidazole rings is 1. The first kappa shape index (κ1) is 21.5. The predicted molar refractivity (Wildman–Crippen MR) is 104 cm³/mol. The van der Waals surface area contributed by atoms with E-state index < -0.39 is 23.7 Å². The van der Waals surface area contributed by atoms with Crippen molar-refractivity contribution < 1.29 is 27.2 Å². The van der Waals surface area contributed by atoms with Gasteiger partial charge in [0.15, 0.2) is 11.5 Å². The second kappa shape index (κ2) is 8.27. The Hall–Kier alpha value is -3.21. The Kier molecular flexibility index (Phi) is 5.92. The molecule has 1 heterocycles. The molecule has 11 heteroatoms. The molecular formula is C19H13BrF4N4O2. The second-order valence-corrected chi connectivity index (χ2v) is 7.03. The van der Waals surface area contributed by atoms with E-state index in [-0.39, 0.29) is 17.2 Å². The summed E-state index contributed by atoms with van der Waals surface area (Å²) in [6.45, 7) is 0. The van der Waals surface area contributed by atoms with Gasteiger partial charge >= 0.3 is 12.1 Å². The number of hydrogen-bond acceptors (Lipinski definition) is 4. The maximum Gasteiger partial charge on any atom is 0.434 e. The second-order valence-electron chi connectivity index (χ2n) is 6.12. The minimum absolute atomic E-state index is 0.112. The van der Waals surface area contributed by atoms with Gasteiger partial charge in [0.2, 0.25) is 0 Å². The first-order chi connectivity index (χ1) is 14.1. The van der Waals surface area contributed by atoms with Crippen LogP contribution < -0.4 is 5.73 Å². The molecule has 0 radical (unpaired) electrons. The van der Waals surface area contributed by atoms with Gasteiger partial charge in [-0.25, -0.2) is 14.2 Å². The summed E-state index contributed by atoms with van der Waals surface area (Å²) in [5.74, 6) is -1.89. The average molecular weight is 485 g/mol. The number of oxime groups is 1. The zero-order chi connectivity index (χ0) is 22.1. The fourth-order valence-electron chi connectivity index (χ4n) is 2.51. The van der Waals surface area contributed by atoms with Gasteiger partial charge in [-0.2, -0.15) is 13.2 Å². The lowest BCUT2D eigenvalue weighted by Crippen LogP contribution is -2.15. The highest BCUT2D eigenvalue weighted by Crippen LogP contribution is 2.30. The van der Waals surface area contributed by atoms with Gasteiger partial charge < -0.3 is 15.1 Å². The van der Waals surface area contributed by atoms with Crippen LogP contribution in [-0.4, -0.2) is 21.4 Å². The Morgan fingerprint density at radius 2 is 1.87 bits per heavy atom. The van der Waals surface area contributed by atoms with Gasteiger partial charge in [0.25, 0.3) is 0 Å². The number of benzene rings is 2. The Morgan fingerprint density at radius 1 is 1.20 bits per heavy atom. The summed E-state index contributed by atoms with van der Waals surface area (Å²) in [6.07, 6.45) is -3.66. The standard InChI is InChI=1S/C19H13BrF4N4O2/c1-28-9-15(19(22,23)24)26-17(28)11-4-2-10(3-5-11)16(25)27-30-18(29)13-8-12(20)6-7-14(13)21/h2-9H,1H3,(H2,25,27). The summed E-state index contributed by atoms with van der Waals surface area (Å²) in [4.78, 5) is 20.2. The van der Waals surface area contributed by atoms with E-state index in [1.165, 1.54) is 48.0 Å². The van der Waals surface area contributed by atoms with Crippen LogP contribution in [0.15, 0.2) is 58.3 Å². The molecule has 0 bridgehead atoms. The summed E-state index contributed by atoms with van der Waals surface area (Å²) in [5.41, 5.74) is 5.19. The lowest BCUT2D eigenvalue weighted by molar-refractivity contribution is -0.140. The molecule has 0 aliphatic heterocycles. The molecule has 6 nitrogen and oxygen atoms in total. The van der Waals surface area contributed by atoms with Crippen molar-refractivity contribution in [2.24, 2.45) is 17.9 Å². The van der Waals surface area contributed by atoms with Gasteiger partial charge in [-0.3, -0.25) is 0 Å². The summed E-state index contributed by atoms with van der Waals surface area (Å²) in [5, 5.41) is 3.49. The molecule has 3 aromatic rings. The highest BCUT2D eigenvalue weighted by molar-refractivity contribution is 9.10. The minimum atomic E-state index is -4.55. The molecule has 0 aliphatic carbocycles. The summed E-state index contributed by atoms with van der Waals surface area (Å²) in [7, 11) is 1.45. The molecular weight excluding hydrogens is 472 g/mol. The van der Waals surface area contributed by atoms with E-state index in [1.807, 2.05) is 0 Å². The Labute approximate surface area is 176 Å². The van der Waals surface area contributed by atoms with Crippen LogP contribution in [0, 0.1) is 5.82 Å². The van der Waals surface area contributed by atoms with Crippen molar-refractivity contribution in [3.63, 3.8) is 0 Å². The fourth-order valence-corrected chi connectivity index (χ4v) is 2.87. The van der Waals surface area contributed by atoms with Crippen LogP contribution in [0.1, 0.15) is 21.6 Å². The largest absolute Gasteiger partial charge is 0.434 e. The van der Waals surface area contributed by atoms with Crippen molar-refractivity contribution in [2.75, 3.05) is 0 Å². The third-order valence-corrected chi connectivity index (χ3v) is 4.47. The molecule has 0 atom stereocenters. The number of alkyl halides is 3. The monoisotopic (exact) mass is 484 g/mol. The number of halogens is 5. The average Bonchev–Trinajstić information content (AvgIpc) is 3.10. The molecule has 1 aromatic heterocycles. The molecule has 30 heavy (non-hydrogen) atoms. The van der Waals surface area contributed by atoms with E-state index in [0.717, 1.165) is 12.3 Å². The molecule has 0 saturated heterocycles. The van der Waals surface area contributed by atoms with Crippen LogP contribution in [0.5, 0.6) is 0 Å². The number of aromatic nitrogens is 2. The molecule has 3 rings (SSSR count). The minimum Gasteiger partial charge on any atom is -0.380 e. The van der Waals surface area contributed by atoms with Gasteiger partial charge in [0.05, 0.1) is 5.56 Å². The predicted octanol–water partition coefficient (Wildman–Crippen LogP) is 4.48. The van der Waals surface area contributed by atoms with Crippen LogP contribution >= 0.6 is 15.9 Å². The van der Waals surface area contributed by atoms with Crippen LogP contribution in [0.3, 0.4) is 0 Å². The van der Waals surface area contributed by atoms with E-state index in [9.17, 15) is 22.4 Å². The van der Waals surface area contributed by atoms with E-state index >= 15 is 0 Å². The molecule has 2 N–H and O–H groups in total. The van der Waals surface area contributed by atoms with Gasteiger partial charge in [-0.15, -0.1) is 0 Å². The Morgan fingerprint density at radius 3 is 2.47 bits per heavy atom. The van der Waals surface area contributed by atoms with Gasteiger partial charge in [0, 0.05) is 28.8 Å². The van der Waals surface area contributed by atoms with Crippen molar-refractivity contribution in [3.8, 4) is 11.4 Å². The highest BCUT2D eigenvalue weighted by atomic mass is 79.9. The third-order valence-electron chi connectivity index (χ3n) is 3.98. The third kappa shape index (κ3) is 4.67. The van der Waals surface area contributed by atoms with E-state index in [1.54, 1.807) is 0 Å². The van der Waals surface area contributed by atoms with E-state index in [0.29, 0.717) is 15.6 Å². The highest BCUT2D eigenvalue weighted by Gasteiger charge is 2.34. The van der Waals surface area contributed by atoms with Crippen molar-refractivity contribution in [2.45, 2.75) is 6.18 Å². The van der Waals surface area contributed by atoms with Gasteiger partial charge in [0.1, 0.15) is 11.6 Å². The van der Waals surface area contributed by atoms with E-state index in [4.69, 9.17) is 5.73 Å². The molecule has 0 aliphatic rings. The van der Waals surface area contributed by atoms with Gasteiger partial charge in [-0.1, -0.05) is 45.4 Å². The van der Waals surface area contributed by atoms with Crippen LogP contribution in [0.4, 0.5) is 17.6 Å². The lowest BCUT2D eigenvalue weighted by atomic mass is 10.1. The maximum atomic E-state index is 13.7. The molecule has 156 valence electrons. The molecule has 0 amide bonds. The molecule has 0 fully saturated rings. The normalized spacial score (nSPS) is 12.1. The molecule has 0 spiro atoms. The number of carbonyl (C=O) groups is 1. The van der Waals surface area contributed by atoms with Crippen molar-refractivity contribution >= 4 is 27.7 Å². The topological polar surface area (TPSA) is 82.5 Å². The smallest absolute Gasteiger partial charge is 0.380 e. The summed E-state index contributed by atoms with van der Waals surface area (Å²) in [6, 6.07) is 9.69. The Bertz CT molecular complexity index is 1120. The number of hydrogen-bond donors (Lipinski definition) is 1. The quantitative estimate of drug-likeness (QED) is 0.194. The fraction of sp³-hybridized carbons (Fsp3) is 0.105. The van der Waals surface area contributed by atoms with Crippen LogP contribution in [0.2, 0.25) is 0 Å². The molecule has 0 unspecified atom stereocenters. The first-order valence-corrected chi connectivity index (χ1v) is 9.07. The number of nitrogens with zero attached hydrogens (tertiary/aromatic N) is 3. The maximum absolute atomic E-state index is 13.7. The van der Waals surface area contributed by atoms with Crippen LogP contribution in [0.25, 0.3) is 11.4 Å². The Balaban J connectivity index is 1.77. The lowest BCUT2D eigenvalue weighted by Gasteiger charge is -2.05. The SMILES string of the molecule is Cn1cc(C(F)(F)F)nc1-c1ccc(C(N)=NOC(=O)c2cc(Br)ccc2F)cc1. The zero-order valence-electron chi connectivity index (χ0n) is 15.2. The zero-order valence-corrected chi connectivity index (χ0v) is 16.8. The first-order valence-electron chi connectivity index (χ1n) is 8.27.